The predicted molar refractivity (Wildman–Crippen MR) is 67.7 cm³/mol. The van der Waals surface area contributed by atoms with Crippen LogP contribution < -0.4 is 10.2 Å². The lowest BCUT2D eigenvalue weighted by molar-refractivity contribution is 0.665. The number of nitrogens with one attached hydrogen (secondary N) is 2. The van der Waals surface area contributed by atoms with Crippen molar-refractivity contribution in [1.82, 2.24) is 20.5 Å². The molecule has 1 heterocycles. The number of aromatic amines is 1. The quantitative estimate of drug-likeness (QED) is 0.810. The van der Waals surface area contributed by atoms with Crippen LogP contribution >= 0.6 is 0 Å². The number of nitrogens with zero attached hydrogens (tertiary/aromatic N) is 3. The number of anilines is 1. The molecule has 90 valence electrons. The van der Waals surface area contributed by atoms with E-state index in [0.717, 1.165) is 12.4 Å². The van der Waals surface area contributed by atoms with Gasteiger partial charge in [-0.25, -0.2) is 4.98 Å². The van der Waals surface area contributed by atoms with Crippen LogP contribution in [0, 0.1) is 0 Å². The molecule has 0 saturated carbocycles. The third-order valence-electron chi connectivity index (χ3n) is 2.54. The molecule has 17 heavy (non-hydrogen) atoms. The van der Waals surface area contributed by atoms with E-state index in [0.29, 0.717) is 6.54 Å². The highest BCUT2D eigenvalue weighted by molar-refractivity contribution is 5.45. The second-order valence-corrected chi connectivity index (χ2v) is 4.10. The van der Waals surface area contributed by atoms with Gasteiger partial charge in [0.25, 0.3) is 0 Å². The topological polar surface area (TPSA) is 56.8 Å². The summed E-state index contributed by atoms with van der Waals surface area (Å²) in [5.41, 5.74) is 2.47. The van der Waals surface area contributed by atoms with Gasteiger partial charge in [-0.2, -0.15) is 5.10 Å². The minimum Gasteiger partial charge on any atom is -0.378 e. The standard InChI is InChI=1S/C12H17N5/c1-17(2)11-5-3-10(4-6-11)7-13-8-12-14-9-15-16-12/h3-6,9,13H,7-8H2,1-2H3,(H,14,15,16). The van der Waals surface area contributed by atoms with Gasteiger partial charge < -0.3 is 10.2 Å². The zero-order valence-electron chi connectivity index (χ0n) is 10.1. The van der Waals surface area contributed by atoms with Crippen molar-refractivity contribution in [3.8, 4) is 0 Å². The van der Waals surface area contributed by atoms with Crippen molar-refractivity contribution in [1.29, 1.82) is 0 Å². The Morgan fingerprint density at radius 2 is 1.94 bits per heavy atom. The Balaban J connectivity index is 1.83. The van der Waals surface area contributed by atoms with Gasteiger partial charge in [-0.05, 0) is 17.7 Å². The van der Waals surface area contributed by atoms with E-state index < -0.39 is 0 Å². The first-order valence-electron chi connectivity index (χ1n) is 5.57. The van der Waals surface area contributed by atoms with Gasteiger partial charge in [-0.15, -0.1) is 0 Å². The number of H-pyrrole nitrogens is 1. The van der Waals surface area contributed by atoms with Gasteiger partial charge in [0, 0.05) is 26.3 Å². The fraction of sp³-hybridized carbons (Fsp3) is 0.333. The van der Waals surface area contributed by atoms with Crippen LogP contribution in [0.3, 0.4) is 0 Å². The molecule has 2 aromatic rings. The van der Waals surface area contributed by atoms with Crippen LogP contribution in [0.25, 0.3) is 0 Å². The SMILES string of the molecule is CN(C)c1ccc(CNCc2ncn[nH]2)cc1. The van der Waals surface area contributed by atoms with E-state index >= 15 is 0 Å². The maximum absolute atomic E-state index is 4.05. The Morgan fingerprint density at radius 1 is 1.18 bits per heavy atom. The summed E-state index contributed by atoms with van der Waals surface area (Å²) in [6.07, 6.45) is 1.52. The molecule has 0 aliphatic rings. The normalized spacial score (nSPS) is 10.5. The Labute approximate surface area is 101 Å². The van der Waals surface area contributed by atoms with E-state index in [1.165, 1.54) is 17.6 Å². The lowest BCUT2D eigenvalue weighted by Gasteiger charge is -2.12. The highest BCUT2D eigenvalue weighted by Gasteiger charge is 1.97. The molecular formula is C12H17N5. The molecule has 5 heteroatoms. The second-order valence-electron chi connectivity index (χ2n) is 4.10. The average Bonchev–Trinajstić information content (AvgIpc) is 2.83. The predicted octanol–water partition coefficient (Wildman–Crippen LogP) is 1.16. The van der Waals surface area contributed by atoms with Crippen molar-refractivity contribution in [2.75, 3.05) is 19.0 Å². The lowest BCUT2D eigenvalue weighted by Crippen LogP contribution is -2.14. The third kappa shape index (κ3) is 3.29. The number of hydrogen-bond donors (Lipinski definition) is 2. The summed E-state index contributed by atoms with van der Waals surface area (Å²) in [5.74, 6) is 0.856. The van der Waals surface area contributed by atoms with Crippen LogP contribution in [0.4, 0.5) is 5.69 Å². The number of aromatic nitrogens is 3. The van der Waals surface area contributed by atoms with E-state index in [9.17, 15) is 0 Å². The van der Waals surface area contributed by atoms with Gasteiger partial charge in [0.2, 0.25) is 0 Å². The van der Waals surface area contributed by atoms with Crippen LogP contribution in [-0.4, -0.2) is 29.3 Å². The Bertz CT molecular complexity index is 432. The molecule has 0 amide bonds. The van der Waals surface area contributed by atoms with Gasteiger partial charge in [0.05, 0.1) is 6.54 Å². The van der Waals surface area contributed by atoms with Crippen molar-refractivity contribution in [2.45, 2.75) is 13.1 Å². The highest BCUT2D eigenvalue weighted by Crippen LogP contribution is 2.11. The van der Waals surface area contributed by atoms with Gasteiger partial charge in [-0.1, -0.05) is 12.1 Å². The monoisotopic (exact) mass is 231 g/mol. The summed E-state index contributed by atoms with van der Waals surface area (Å²) in [6, 6.07) is 8.49. The smallest absolute Gasteiger partial charge is 0.138 e. The number of hydrogen-bond acceptors (Lipinski definition) is 4. The third-order valence-corrected chi connectivity index (χ3v) is 2.54. The lowest BCUT2D eigenvalue weighted by atomic mass is 10.2. The zero-order valence-corrected chi connectivity index (χ0v) is 10.1. The zero-order chi connectivity index (χ0) is 12.1. The van der Waals surface area contributed by atoms with Crippen LogP contribution in [0.2, 0.25) is 0 Å². The Kier molecular flexibility index (Phi) is 3.72. The van der Waals surface area contributed by atoms with Gasteiger partial charge in [0.1, 0.15) is 12.2 Å². The van der Waals surface area contributed by atoms with Crippen molar-refractivity contribution in [3.63, 3.8) is 0 Å². The molecule has 2 rings (SSSR count). The summed E-state index contributed by atoms with van der Waals surface area (Å²) in [6.45, 7) is 1.53. The van der Waals surface area contributed by atoms with Crippen LogP contribution in [-0.2, 0) is 13.1 Å². The van der Waals surface area contributed by atoms with Crippen LogP contribution in [0.5, 0.6) is 0 Å². The first-order chi connectivity index (χ1) is 8.25. The Morgan fingerprint density at radius 3 is 2.53 bits per heavy atom. The van der Waals surface area contributed by atoms with Crippen molar-refractivity contribution < 1.29 is 0 Å². The van der Waals surface area contributed by atoms with Crippen molar-refractivity contribution in [3.05, 3.63) is 42.0 Å². The number of rotatable bonds is 5. The maximum atomic E-state index is 4.05. The minimum absolute atomic E-state index is 0.704. The molecule has 1 aromatic carbocycles. The molecule has 0 bridgehead atoms. The van der Waals surface area contributed by atoms with E-state index in [-0.39, 0.29) is 0 Å². The molecule has 1 aromatic heterocycles. The van der Waals surface area contributed by atoms with Crippen LogP contribution in [0.15, 0.2) is 30.6 Å². The van der Waals surface area contributed by atoms with Crippen LogP contribution in [0.1, 0.15) is 11.4 Å². The molecule has 2 N–H and O–H groups in total. The molecule has 5 nitrogen and oxygen atoms in total. The van der Waals surface area contributed by atoms with E-state index in [1.807, 2.05) is 14.1 Å². The van der Waals surface area contributed by atoms with Gasteiger partial charge >= 0.3 is 0 Å². The summed E-state index contributed by atoms with van der Waals surface area (Å²) in [7, 11) is 4.08. The average molecular weight is 231 g/mol. The second kappa shape index (κ2) is 5.45. The molecule has 0 saturated heterocycles. The molecular weight excluding hydrogens is 214 g/mol. The van der Waals surface area contributed by atoms with Crippen molar-refractivity contribution >= 4 is 5.69 Å². The summed E-state index contributed by atoms with van der Waals surface area (Å²) in [4.78, 5) is 6.14. The fourth-order valence-corrected chi connectivity index (χ4v) is 1.55. The minimum atomic E-state index is 0.704. The van der Waals surface area contributed by atoms with Gasteiger partial charge in [-0.3, -0.25) is 5.10 Å². The fourth-order valence-electron chi connectivity index (χ4n) is 1.55. The Hall–Kier alpha value is -1.88. The summed E-state index contributed by atoms with van der Waals surface area (Å²) < 4.78 is 0. The summed E-state index contributed by atoms with van der Waals surface area (Å²) >= 11 is 0. The molecule has 0 aliphatic heterocycles. The molecule has 0 spiro atoms. The van der Waals surface area contributed by atoms with Crippen molar-refractivity contribution in [2.24, 2.45) is 0 Å². The van der Waals surface area contributed by atoms with E-state index in [2.05, 4.69) is 49.7 Å². The first-order valence-corrected chi connectivity index (χ1v) is 5.57. The molecule has 0 radical (unpaired) electrons. The number of benzene rings is 1. The van der Waals surface area contributed by atoms with Gasteiger partial charge in [0.15, 0.2) is 0 Å². The molecule has 0 atom stereocenters. The summed E-state index contributed by atoms with van der Waals surface area (Å²) in [5, 5.41) is 9.92. The molecule has 0 fully saturated rings. The largest absolute Gasteiger partial charge is 0.378 e. The maximum Gasteiger partial charge on any atom is 0.138 e. The molecule has 0 aliphatic carbocycles. The van der Waals surface area contributed by atoms with E-state index in [1.54, 1.807) is 0 Å². The molecule has 0 unspecified atom stereocenters. The highest BCUT2D eigenvalue weighted by atomic mass is 15.2. The van der Waals surface area contributed by atoms with E-state index in [4.69, 9.17) is 0 Å². The first kappa shape index (κ1) is 11.6.